The number of nitrogens with zero attached hydrogens (tertiary/aromatic N) is 4. The van der Waals surface area contributed by atoms with E-state index in [2.05, 4.69) is 44.6 Å². The van der Waals surface area contributed by atoms with Crippen LogP contribution in [-0.2, 0) is 25.8 Å². The van der Waals surface area contributed by atoms with Crippen LogP contribution in [0.5, 0.6) is 0 Å². The van der Waals surface area contributed by atoms with Gasteiger partial charge in [-0.2, -0.15) is 4.98 Å². The number of piperazine rings is 1. The van der Waals surface area contributed by atoms with E-state index in [0.29, 0.717) is 17.8 Å². The van der Waals surface area contributed by atoms with Gasteiger partial charge in [-0.1, -0.05) is 36.3 Å². The van der Waals surface area contributed by atoms with Gasteiger partial charge in [-0.25, -0.2) is 4.79 Å². The zero-order chi connectivity index (χ0) is 18.6. The van der Waals surface area contributed by atoms with E-state index in [1.54, 1.807) is 0 Å². The number of nitrogens with one attached hydrogen (secondary N) is 1. The van der Waals surface area contributed by atoms with Crippen molar-refractivity contribution in [1.29, 1.82) is 0 Å². The summed E-state index contributed by atoms with van der Waals surface area (Å²) in [6.45, 7) is 5.63. The number of aryl methyl sites for hydroxylation is 2. The zero-order valence-corrected chi connectivity index (χ0v) is 15.9. The van der Waals surface area contributed by atoms with Crippen LogP contribution in [-0.4, -0.2) is 58.2 Å². The van der Waals surface area contributed by atoms with E-state index in [1.807, 2.05) is 11.8 Å². The highest BCUT2D eigenvalue weighted by atomic mass is 16.5. The Morgan fingerprint density at radius 1 is 1.22 bits per heavy atom. The molecule has 2 amide bonds. The molecule has 0 saturated carbocycles. The maximum absolute atomic E-state index is 12.4. The van der Waals surface area contributed by atoms with E-state index in [9.17, 15) is 4.79 Å². The van der Waals surface area contributed by atoms with Crippen molar-refractivity contribution in [3.63, 3.8) is 0 Å². The van der Waals surface area contributed by atoms with Gasteiger partial charge >= 0.3 is 6.03 Å². The third-order valence-corrected chi connectivity index (χ3v) is 5.66. The summed E-state index contributed by atoms with van der Waals surface area (Å²) in [6, 6.07) is 9.31. The lowest BCUT2D eigenvalue weighted by atomic mass is 9.87. The predicted molar refractivity (Wildman–Crippen MR) is 101 cm³/mol. The molecule has 4 rings (SSSR count). The van der Waals surface area contributed by atoms with Crippen LogP contribution in [0, 0.1) is 0 Å². The summed E-state index contributed by atoms with van der Waals surface area (Å²) < 4.78 is 5.12. The lowest BCUT2D eigenvalue weighted by molar-refractivity contribution is 0.101. The third kappa shape index (κ3) is 4.13. The normalized spacial score (nSPS) is 20.3. The maximum Gasteiger partial charge on any atom is 0.317 e. The molecule has 1 aliphatic carbocycles. The Morgan fingerprint density at radius 2 is 2.00 bits per heavy atom. The molecule has 7 heteroatoms. The molecule has 2 aromatic rings. The summed E-state index contributed by atoms with van der Waals surface area (Å²) in [6.07, 6.45) is 4.22. The number of hydrogen-bond donors (Lipinski definition) is 1. The third-order valence-electron chi connectivity index (χ3n) is 5.66. The molecule has 1 aromatic carbocycles. The Bertz CT molecular complexity index is 782. The van der Waals surface area contributed by atoms with E-state index < -0.39 is 0 Å². The van der Waals surface area contributed by atoms with E-state index in [-0.39, 0.29) is 12.6 Å². The molecule has 1 aromatic heterocycles. The van der Waals surface area contributed by atoms with Crippen molar-refractivity contribution in [2.45, 2.75) is 45.2 Å². The Balaban J connectivity index is 1.24. The first-order chi connectivity index (χ1) is 13.2. The first-order valence-corrected chi connectivity index (χ1v) is 9.88. The summed E-state index contributed by atoms with van der Waals surface area (Å²) in [7, 11) is 0. The highest BCUT2D eigenvalue weighted by Gasteiger charge is 2.28. The van der Waals surface area contributed by atoms with Crippen molar-refractivity contribution >= 4 is 6.03 Å². The fourth-order valence-electron chi connectivity index (χ4n) is 4.05. The van der Waals surface area contributed by atoms with E-state index in [4.69, 9.17) is 4.52 Å². The number of rotatable bonds is 4. The molecular formula is C20H27N5O2. The van der Waals surface area contributed by atoms with Gasteiger partial charge in [-0.15, -0.1) is 0 Å². The largest absolute Gasteiger partial charge is 0.337 e. The summed E-state index contributed by atoms with van der Waals surface area (Å²) in [5.41, 5.74) is 2.99. The minimum atomic E-state index is -0.0557. The van der Waals surface area contributed by atoms with E-state index >= 15 is 0 Å². The van der Waals surface area contributed by atoms with E-state index in [0.717, 1.165) is 45.4 Å². The van der Waals surface area contributed by atoms with Gasteiger partial charge in [0, 0.05) is 38.6 Å². The smallest absolute Gasteiger partial charge is 0.317 e. The highest BCUT2D eigenvalue weighted by molar-refractivity contribution is 5.74. The van der Waals surface area contributed by atoms with Crippen LogP contribution in [0.1, 0.15) is 36.2 Å². The first-order valence-electron chi connectivity index (χ1n) is 9.88. The van der Waals surface area contributed by atoms with Gasteiger partial charge in [-0.3, -0.25) is 4.90 Å². The molecule has 1 saturated heterocycles. The van der Waals surface area contributed by atoms with Crippen molar-refractivity contribution in [1.82, 2.24) is 25.3 Å². The SMILES string of the molecule is CCc1noc(CNC(=O)N2CCN([C@H]3CCc4ccccc4C3)CC2)n1. The second-order valence-corrected chi connectivity index (χ2v) is 7.30. The van der Waals surface area contributed by atoms with Gasteiger partial charge in [0.05, 0.1) is 6.54 Å². The van der Waals surface area contributed by atoms with Gasteiger partial charge in [0.15, 0.2) is 5.82 Å². The highest BCUT2D eigenvalue weighted by Crippen LogP contribution is 2.25. The topological polar surface area (TPSA) is 74.5 Å². The molecule has 27 heavy (non-hydrogen) atoms. The number of urea groups is 1. The fraction of sp³-hybridized carbons (Fsp3) is 0.550. The van der Waals surface area contributed by atoms with Crippen molar-refractivity contribution < 1.29 is 9.32 Å². The zero-order valence-electron chi connectivity index (χ0n) is 15.9. The second kappa shape index (κ2) is 8.08. The molecule has 1 atom stereocenters. The molecule has 1 N–H and O–H groups in total. The van der Waals surface area contributed by atoms with Gasteiger partial charge in [-0.05, 0) is 30.4 Å². The Kier molecular flexibility index (Phi) is 5.38. The van der Waals surface area contributed by atoms with Crippen molar-refractivity contribution in [2.24, 2.45) is 0 Å². The molecule has 0 unspecified atom stereocenters. The van der Waals surface area contributed by atoms with Crippen LogP contribution in [0.3, 0.4) is 0 Å². The van der Waals surface area contributed by atoms with Crippen LogP contribution in [0.4, 0.5) is 4.79 Å². The minimum absolute atomic E-state index is 0.0557. The van der Waals surface area contributed by atoms with Crippen LogP contribution < -0.4 is 5.32 Å². The summed E-state index contributed by atoms with van der Waals surface area (Å²) in [4.78, 5) is 21.0. The molecule has 0 radical (unpaired) electrons. The number of fused-ring (bicyclic) bond motifs is 1. The average Bonchev–Trinajstić information content (AvgIpc) is 3.20. The van der Waals surface area contributed by atoms with Crippen molar-refractivity contribution in [3.8, 4) is 0 Å². The monoisotopic (exact) mass is 369 g/mol. The lowest BCUT2D eigenvalue weighted by Gasteiger charge is -2.41. The summed E-state index contributed by atoms with van der Waals surface area (Å²) in [5.74, 6) is 1.13. The van der Waals surface area contributed by atoms with E-state index in [1.165, 1.54) is 17.5 Å². The molecule has 1 fully saturated rings. The molecule has 2 heterocycles. The number of hydrogen-bond acceptors (Lipinski definition) is 5. The van der Waals surface area contributed by atoms with Crippen LogP contribution in [0.2, 0.25) is 0 Å². The lowest BCUT2D eigenvalue weighted by Crippen LogP contribution is -2.55. The number of benzene rings is 1. The molecule has 2 aliphatic rings. The first kappa shape index (κ1) is 18.0. The number of aromatic nitrogens is 2. The minimum Gasteiger partial charge on any atom is -0.337 e. The summed E-state index contributed by atoms with van der Waals surface area (Å²) >= 11 is 0. The molecule has 7 nitrogen and oxygen atoms in total. The molecule has 0 bridgehead atoms. The standard InChI is InChI=1S/C20H27N5O2/c1-2-18-22-19(27-23-18)14-21-20(26)25-11-9-24(10-12-25)17-8-7-15-5-3-4-6-16(15)13-17/h3-6,17H,2,7-14H2,1H3,(H,21,26)/t17-/m0/s1. The van der Waals surface area contributed by atoms with Crippen molar-refractivity contribution in [3.05, 3.63) is 47.1 Å². The summed E-state index contributed by atoms with van der Waals surface area (Å²) in [5, 5.41) is 6.73. The van der Waals surface area contributed by atoms with Gasteiger partial charge in [0.25, 0.3) is 0 Å². The molecule has 144 valence electrons. The van der Waals surface area contributed by atoms with Crippen molar-refractivity contribution in [2.75, 3.05) is 26.2 Å². The maximum atomic E-state index is 12.4. The Morgan fingerprint density at radius 3 is 2.74 bits per heavy atom. The van der Waals surface area contributed by atoms with Gasteiger partial charge in [0.1, 0.15) is 0 Å². The molecule has 0 spiro atoms. The van der Waals surface area contributed by atoms with Crippen LogP contribution in [0.25, 0.3) is 0 Å². The van der Waals surface area contributed by atoms with Gasteiger partial charge in [0.2, 0.25) is 5.89 Å². The Hall–Kier alpha value is -2.41. The molecular weight excluding hydrogens is 342 g/mol. The predicted octanol–water partition coefficient (Wildman–Crippen LogP) is 2.02. The Labute approximate surface area is 159 Å². The van der Waals surface area contributed by atoms with Gasteiger partial charge < -0.3 is 14.7 Å². The number of carbonyl (C=O) groups is 1. The average molecular weight is 369 g/mol. The molecule has 1 aliphatic heterocycles. The number of amides is 2. The van der Waals surface area contributed by atoms with Crippen LogP contribution in [0.15, 0.2) is 28.8 Å². The second-order valence-electron chi connectivity index (χ2n) is 7.30. The fourth-order valence-corrected chi connectivity index (χ4v) is 4.05. The number of carbonyl (C=O) groups excluding carboxylic acids is 1. The quantitative estimate of drug-likeness (QED) is 0.892. The van der Waals surface area contributed by atoms with Crippen LogP contribution >= 0.6 is 0 Å².